The summed E-state index contributed by atoms with van der Waals surface area (Å²) >= 11 is 0. The summed E-state index contributed by atoms with van der Waals surface area (Å²) in [5.41, 5.74) is 4.57. The number of hydrogen-bond acceptors (Lipinski definition) is 3. The largest absolute Gasteiger partial charge is 0.478 e. The molecule has 0 saturated heterocycles. The van der Waals surface area contributed by atoms with Crippen molar-refractivity contribution in [2.75, 3.05) is 0 Å². The van der Waals surface area contributed by atoms with E-state index in [0.717, 1.165) is 12.1 Å². The van der Waals surface area contributed by atoms with Crippen LogP contribution in [0.25, 0.3) is 0 Å². The molecule has 142 valence electrons. The van der Waals surface area contributed by atoms with Gasteiger partial charge >= 0.3 is 12.1 Å². The number of nitrogens with two attached hydrogens (primary N) is 1. The molecule has 0 spiro atoms. The van der Waals surface area contributed by atoms with Crippen LogP contribution in [0.2, 0.25) is 0 Å². The molecular formula is C18H15F3N2O4. The Kier molecular flexibility index (Phi) is 5.84. The van der Waals surface area contributed by atoms with Crippen molar-refractivity contribution in [1.29, 1.82) is 0 Å². The van der Waals surface area contributed by atoms with Crippen LogP contribution in [0.15, 0.2) is 48.5 Å². The summed E-state index contributed by atoms with van der Waals surface area (Å²) in [6.07, 6.45) is -4.65. The van der Waals surface area contributed by atoms with E-state index in [2.05, 4.69) is 5.32 Å². The summed E-state index contributed by atoms with van der Waals surface area (Å²) in [6.45, 7) is 0. The zero-order chi connectivity index (χ0) is 20.2. The molecule has 0 radical (unpaired) electrons. The summed E-state index contributed by atoms with van der Waals surface area (Å²) in [5.74, 6) is -2.88. The molecule has 0 bridgehead atoms. The molecule has 27 heavy (non-hydrogen) atoms. The third kappa shape index (κ3) is 5.30. The van der Waals surface area contributed by atoms with Gasteiger partial charge in [0.1, 0.15) is 6.04 Å². The van der Waals surface area contributed by atoms with E-state index in [1.807, 2.05) is 0 Å². The molecule has 1 atom stereocenters. The molecule has 0 aliphatic rings. The topological polar surface area (TPSA) is 109 Å². The Balaban J connectivity index is 2.15. The smallest absolute Gasteiger partial charge is 0.416 e. The highest BCUT2D eigenvalue weighted by molar-refractivity contribution is 5.97. The van der Waals surface area contributed by atoms with Crippen LogP contribution < -0.4 is 11.1 Å². The van der Waals surface area contributed by atoms with Gasteiger partial charge in [0.2, 0.25) is 5.91 Å². The SMILES string of the molecule is NC(=O)[C@@H](Cc1ccc(C(=O)O)cc1)NC(=O)c1cccc(C(F)(F)F)c1. The minimum Gasteiger partial charge on any atom is -0.478 e. The van der Waals surface area contributed by atoms with Gasteiger partial charge in [0.15, 0.2) is 0 Å². The van der Waals surface area contributed by atoms with Gasteiger partial charge in [-0.25, -0.2) is 4.79 Å². The molecule has 0 heterocycles. The standard InChI is InChI=1S/C18H15F3N2O4/c19-18(20,21)13-3-1-2-12(9-13)16(25)23-14(15(22)24)8-10-4-6-11(7-5-10)17(26)27/h1-7,9,14H,8H2,(H2,22,24)(H,23,25)(H,26,27)/t14-/m1/s1. The number of carbonyl (C=O) groups excluding carboxylic acids is 2. The van der Waals surface area contributed by atoms with Crippen LogP contribution in [0.5, 0.6) is 0 Å². The van der Waals surface area contributed by atoms with Crippen LogP contribution in [0, 0.1) is 0 Å². The fourth-order valence-corrected chi connectivity index (χ4v) is 2.32. The molecule has 0 fully saturated rings. The second kappa shape index (κ2) is 7.90. The number of halogens is 3. The number of primary amides is 1. The predicted octanol–water partition coefficient (Wildman–Crippen LogP) is 2.23. The number of carbonyl (C=O) groups is 3. The van der Waals surface area contributed by atoms with Crippen LogP contribution in [0.4, 0.5) is 13.2 Å². The Labute approximate surface area is 151 Å². The van der Waals surface area contributed by atoms with E-state index < -0.39 is 35.6 Å². The molecule has 0 aliphatic carbocycles. The van der Waals surface area contributed by atoms with Crippen LogP contribution in [0.1, 0.15) is 31.8 Å². The molecule has 6 nitrogen and oxygen atoms in total. The molecule has 2 amide bonds. The Bertz CT molecular complexity index is 864. The lowest BCUT2D eigenvalue weighted by molar-refractivity contribution is -0.137. The summed E-state index contributed by atoms with van der Waals surface area (Å²) < 4.78 is 38.3. The van der Waals surface area contributed by atoms with Crippen LogP contribution in [0.3, 0.4) is 0 Å². The lowest BCUT2D eigenvalue weighted by Crippen LogP contribution is -2.45. The van der Waals surface area contributed by atoms with Crippen molar-refractivity contribution < 1.29 is 32.7 Å². The lowest BCUT2D eigenvalue weighted by atomic mass is 10.0. The number of carboxylic acids is 1. The minimum atomic E-state index is -4.61. The number of carboxylic acid groups (broad SMARTS) is 1. The summed E-state index contributed by atoms with van der Waals surface area (Å²) in [6, 6.07) is 8.15. The van der Waals surface area contributed by atoms with E-state index in [-0.39, 0.29) is 17.5 Å². The van der Waals surface area contributed by atoms with Gasteiger partial charge in [-0.15, -0.1) is 0 Å². The van der Waals surface area contributed by atoms with Crippen molar-refractivity contribution in [3.63, 3.8) is 0 Å². The summed E-state index contributed by atoms with van der Waals surface area (Å²) in [4.78, 5) is 34.6. The monoisotopic (exact) mass is 380 g/mol. The Morgan fingerprint density at radius 2 is 1.67 bits per heavy atom. The maximum atomic E-state index is 12.8. The molecule has 2 rings (SSSR count). The molecule has 2 aromatic carbocycles. The molecule has 0 aromatic heterocycles. The fourth-order valence-electron chi connectivity index (χ4n) is 2.32. The minimum absolute atomic E-state index is 0.0417. The first kappa shape index (κ1) is 20.0. The molecule has 4 N–H and O–H groups in total. The quantitative estimate of drug-likeness (QED) is 0.714. The van der Waals surface area contributed by atoms with Crippen LogP contribution in [-0.4, -0.2) is 28.9 Å². The first-order chi connectivity index (χ1) is 12.6. The van der Waals surface area contributed by atoms with Gasteiger partial charge in [0, 0.05) is 12.0 Å². The van der Waals surface area contributed by atoms with E-state index in [4.69, 9.17) is 10.8 Å². The summed E-state index contributed by atoms with van der Waals surface area (Å²) in [7, 11) is 0. The third-order valence-corrected chi connectivity index (χ3v) is 3.74. The number of amides is 2. The molecular weight excluding hydrogens is 365 g/mol. The third-order valence-electron chi connectivity index (χ3n) is 3.74. The molecule has 0 unspecified atom stereocenters. The van der Waals surface area contributed by atoms with Gasteiger partial charge in [-0.2, -0.15) is 13.2 Å². The van der Waals surface area contributed by atoms with Gasteiger partial charge in [-0.05, 0) is 35.9 Å². The van der Waals surface area contributed by atoms with E-state index >= 15 is 0 Å². The van der Waals surface area contributed by atoms with Gasteiger partial charge in [-0.1, -0.05) is 18.2 Å². The number of hydrogen-bond donors (Lipinski definition) is 3. The second-order valence-electron chi connectivity index (χ2n) is 5.71. The molecule has 9 heteroatoms. The van der Waals surface area contributed by atoms with Gasteiger partial charge in [0.05, 0.1) is 11.1 Å². The first-order valence-electron chi connectivity index (χ1n) is 7.67. The zero-order valence-electron chi connectivity index (χ0n) is 13.8. The Morgan fingerprint density at radius 3 is 2.19 bits per heavy atom. The van der Waals surface area contributed by atoms with E-state index in [0.29, 0.717) is 11.6 Å². The van der Waals surface area contributed by atoms with Crippen LogP contribution in [-0.2, 0) is 17.4 Å². The molecule has 0 saturated carbocycles. The summed E-state index contributed by atoms with van der Waals surface area (Å²) in [5, 5.41) is 11.2. The van der Waals surface area contributed by atoms with Gasteiger partial charge in [-0.3, -0.25) is 9.59 Å². The molecule has 2 aromatic rings. The maximum Gasteiger partial charge on any atom is 0.416 e. The average molecular weight is 380 g/mol. The number of aromatic carboxylic acids is 1. The van der Waals surface area contributed by atoms with Crippen molar-refractivity contribution in [2.45, 2.75) is 18.6 Å². The predicted molar refractivity (Wildman–Crippen MR) is 89.0 cm³/mol. The molecule has 0 aliphatic heterocycles. The van der Waals surface area contributed by atoms with E-state index in [1.54, 1.807) is 0 Å². The van der Waals surface area contributed by atoms with Crippen LogP contribution >= 0.6 is 0 Å². The lowest BCUT2D eigenvalue weighted by Gasteiger charge is -2.16. The Hall–Kier alpha value is -3.36. The van der Waals surface area contributed by atoms with Gasteiger partial charge in [0.25, 0.3) is 5.91 Å². The van der Waals surface area contributed by atoms with E-state index in [1.165, 1.54) is 30.3 Å². The Morgan fingerprint density at radius 1 is 1.04 bits per heavy atom. The van der Waals surface area contributed by atoms with Crippen molar-refractivity contribution >= 4 is 17.8 Å². The van der Waals surface area contributed by atoms with E-state index in [9.17, 15) is 27.6 Å². The van der Waals surface area contributed by atoms with Crippen molar-refractivity contribution in [2.24, 2.45) is 5.73 Å². The average Bonchev–Trinajstić information content (AvgIpc) is 2.60. The highest BCUT2D eigenvalue weighted by atomic mass is 19.4. The number of benzene rings is 2. The highest BCUT2D eigenvalue weighted by Crippen LogP contribution is 2.29. The van der Waals surface area contributed by atoms with Crippen molar-refractivity contribution in [3.05, 3.63) is 70.8 Å². The number of nitrogens with one attached hydrogen (secondary N) is 1. The van der Waals surface area contributed by atoms with Crippen molar-refractivity contribution in [1.82, 2.24) is 5.32 Å². The highest BCUT2D eigenvalue weighted by Gasteiger charge is 2.31. The number of rotatable bonds is 6. The maximum absolute atomic E-state index is 12.8. The normalized spacial score (nSPS) is 12.3. The fraction of sp³-hybridized carbons (Fsp3) is 0.167. The second-order valence-corrected chi connectivity index (χ2v) is 5.71. The first-order valence-corrected chi connectivity index (χ1v) is 7.67. The van der Waals surface area contributed by atoms with Crippen molar-refractivity contribution in [3.8, 4) is 0 Å². The zero-order valence-corrected chi connectivity index (χ0v) is 13.8. The van der Waals surface area contributed by atoms with Gasteiger partial charge < -0.3 is 16.2 Å². The number of alkyl halides is 3.